The van der Waals surface area contributed by atoms with Crippen molar-refractivity contribution >= 4 is 17.5 Å². The van der Waals surface area contributed by atoms with Crippen molar-refractivity contribution in [3.8, 4) is 6.07 Å². The van der Waals surface area contributed by atoms with Gasteiger partial charge in [-0.2, -0.15) is 18.4 Å². The number of nitrogens with zero attached hydrogens (tertiary/aromatic N) is 2. The van der Waals surface area contributed by atoms with Gasteiger partial charge < -0.3 is 10.4 Å². The minimum absolute atomic E-state index is 0.332. The molecule has 0 aliphatic heterocycles. The fourth-order valence-corrected chi connectivity index (χ4v) is 3.92. The normalized spacial score (nSPS) is 16.8. The lowest BCUT2D eigenvalue weighted by molar-refractivity contribution is -0.137. The monoisotopic (exact) mass is 423 g/mol. The molecule has 9 heteroatoms. The molecular formula is C20H17ClF3N3O2. The summed E-state index contributed by atoms with van der Waals surface area (Å²) in [5.41, 5.74) is -2.23. The number of rotatable bonds is 4. The zero-order valence-electron chi connectivity index (χ0n) is 15.1. The summed E-state index contributed by atoms with van der Waals surface area (Å²) in [7, 11) is 0. The van der Waals surface area contributed by atoms with Gasteiger partial charge in [-0.25, -0.2) is 4.98 Å². The van der Waals surface area contributed by atoms with Crippen LogP contribution in [0.2, 0.25) is 5.02 Å². The molecule has 1 heterocycles. The highest BCUT2D eigenvalue weighted by Crippen LogP contribution is 2.41. The molecule has 29 heavy (non-hydrogen) atoms. The SMILES string of the molecule is N#Cc1cccc(C(NC(=O)c2nccc(C(F)(F)F)c2Cl)C2(O)CCCC2)c1. The average Bonchev–Trinajstić information content (AvgIpc) is 3.12. The van der Waals surface area contributed by atoms with Crippen LogP contribution in [-0.2, 0) is 6.18 Å². The van der Waals surface area contributed by atoms with Gasteiger partial charge in [0.2, 0.25) is 0 Å². The number of halogens is 4. The molecule has 1 unspecified atom stereocenters. The molecule has 5 nitrogen and oxygen atoms in total. The predicted octanol–water partition coefficient (Wildman–Crippen LogP) is 4.40. The Balaban J connectivity index is 1.99. The molecule has 1 saturated carbocycles. The summed E-state index contributed by atoms with van der Waals surface area (Å²) in [5, 5.41) is 22.0. The molecule has 3 rings (SSSR count). The number of hydrogen-bond donors (Lipinski definition) is 2. The highest BCUT2D eigenvalue weighted by molar-refractivity contribution is 6.34. The molecule has 152 valence electrons. The first-order chi connectivity index (χ1) is 13.7. The number of aliphatic hydroxyl groups is 1. The number of nitrogens with one attached hydrogen (secondary N) is 1. The van der Waals surface area contributed by atoms with Crippen LogP contribution in [0, 0.1) is 11.3 Å². The number of nitriles is 1. The number of amides is 1. The van der Waals surface area contributed by atoms with E-state index in [4.69, 9.17) is 16.9 Å². The largest absolute Gasteiger partial charge is 0.417 e. The Kier molecular flexibility index (Phi) is 5.82. The molecule has 2 N–H and O–H groups in total. The maximum atomic E-state index is 13.1. The van der Waals surface area contributed by atoms with E-state index in [0.29, 0.717) is 30.0 Å². The Morgan fingerprint density at radius 1 is 1.31 bits per heavy atom. The lowest BCUT2D eigenvalue weighted by Crippen LogP contribution is -2.44. The summed E-state index contributed by atoms with van der Waals surface area (Å²) in [4.78, 5) is 16.5. The molecule has 1 aliphatic rings. The second-order valence-corrected chi connectivity index (χ2v) is 7.35. The molecule has 0 bridgehead atoms. The second kappa shape index (κ2) is 8.01. The molecule has 0 saturated heterocycles. The van der Waals surface area contributed by atoms with E-state index in [1.165, 1.54) is 6.07 Å². The lowest BCUT2D eigenvalue weighted by Gasteiger charge is -2.34. The van der Waals surface area contributed by atoms with Crippen molar-refractivity contribution in [1.29, 1.82) is 5.26 Å². The Hall–Kier alpha value is -2.63. The van der Waals surface area contributed by atoms with E-state index in [-0.39, 0.29) is 0 Å². The minimum Gasteiger partial charge on any atom is -0.387 e. The predicted molar refractivity (Wildman–Crippen MR) is 99.0 cm³/mol. The van der Waals surface area contributed by atoms with Crippen LogP contribution in [0.3, 0.4) is 0 Å². The van der Waals surface area contributed by atoms with Crippen molar-refractivity contribution in [2.45, 2.75) is 43.5 Å². The zero-order valence-corrected chi connectivity index (χ0v) is 15.9. The van der Waals surface area contributed by atoms with Gasteiger partial charge in [-0.3, -0.25) is 4.79 Å². The molecule has 0 spiro atoms. The summed E-state index contributed by atoms with van der Waals surface area (Å²) in [6, 6.07) is 8.11. The molecule has 1 fully saturated rings. The van der Waals surface area contributed by atoms with Gasteiger partial charge in [-0.15, -0.1) is 0 Å². The molecule has 1 aliphatic carbocycles. The van der Waals surface area contributed by atoms with Gasteiger partial charge in [0.05, 0.1) is 33.9 Å². The summed E-state index contributed by atoms with van der Waals surface area (Å²) < 4.78 is 39.3. The molecule has 1 amide bonds. The first-order valence-electron chi connectivity index (χ1n) is 8.91. The maximum absolute atomic E-state index is 13.1. The van der Waals surface area contributed by atoms with Crippen LogP contribution in [-0.4, -0.2) is 21.6 Å². The van der Waals surface area contributed by atoms with Crippen LogP contribution in [0.15, 0.2) is 36.5 Å². The van der Waals surface area contributed by atoms with E-state index in [0.717, 1.165) is 19.0 Å². The Bertz CT molecular complexity index is 966. The van der Waals surface area contributed by atoms with E-state index < -0.39 is 40.0 Å². The van der Waals surface area contributed by atoms with Gasteiger partial charge in [-0.05, 0) is 36.6 Å². The number of alkyl halides is 3. The van der Waals surface area contributed by atoms with Gasteiger partial charge in [0.1, 0.15) is 5.69 Å². The number of pyridine rings is 1. The number of benzene rings is 1. The molecule has 1 aromatic heterocycles. The standard InChI is InChI=1S/C20H17ClF3N3O2/c21-15-14(20(22,23)24)6-9-26-16(15)18(28)27-17(19(29)7-1-2-8-19)13-5-3-4-12(10-13)11-25/h3-6,9-10,17,29H,1-2,7-8H2,(H,27,28). The third-order valence-corrected chi connectivity index (χ3v) is 5.42. The zero-order chi connectivity index (χ0) is 21.2. The summed E-state index contributed by atoms with van der Waals surface area (Å²) in [5.74, 6) is -0.936. The summed E-state index contributed by atoms with van der Waals surface area (Å²) >= 11 is 5.81. The van der Waals surface area contributed by atoms with Crippen LogP contribution in [0.4, 0.5) is 13.2 Å². The van der Waals surface area contributed by atoms with Crippen LogP contribution in [0.25, 0.3) is 0 Å². The van der Waals surface area contributed by atoms with E-state index in [1.54, 1.807) is 18.2 Å². The van der Waals surface area contributed by atoms with E-state index in [9.17, 15) is 23.1 Å². The number of hydrogen-bond acceptors (Lipinski definition) is 4. The van der Waals surface area contributed by atoms with Gasteiger partial charge >= 0.3 is 6.18 Å². The topological polar surface area (TPSA) is 86.0 Å². The number of carbonyl (C=O) groups excluding carboxylic acids is 1. The third-order valence-electron chi connectivity index (χ3n) is 5.04. The Labute approximate surface area is 170 Å². The van der Waals surface area contributed by atoms with Crippen molar-refractivity contribution in [3.63, 3.8) is 0 Å². The van der Waals surface area contributed by atoms with Crippen molar-refractivity contribution < 1.29 is 23.1 Å². The highest BCUT2D eigenvalue weighted by Gasteiger charge is 2.42. The third kappa shape index (κ3) is 4.36. The molecule has 1 atom stereocenters. The number of carbonyl (C=O) groups is 1. The molecular weight excluding hydrogens is 407 g/mol. The maximum Gasteiger partial charge on any atom is 0.417 e. The second-order valence-electron chi connectivity index (χ2n) is 6.97. The average molecular weight is 424 g/mol. The minimum atomic E-state index is -4.74. The molecule has 2 aromatic rings. The first kappa shape index (κ1) is 21.1. The quantitative estimate of drug-likeness (QED) is 0.763. The van der Waals surface area contributed by atoms with E-state index in [2.05, 4.69) is 10.3 Å². The fourth-order valence-electron chi connectivity index (χ4n) is 3.61. The summed E-state index contributed by atoms with van der Waals surface area (Å²) in [6.45, 7) is 0. The first-order valence-corrected chi connectivity index (χ1v) is 9.28. The molecule has 1 aromatic carbocycles. The van der Waals surface area contributed by atoms with Gasteiger partial charge in [0.25, 0.3) is 5.91 Å². The Morgan fingerprint density at radius 2 is 2.00 bits per heavy atom. The smallest absolute Gasteiger partial charge is 0.387 e. The van der Waals surface area contributed by atoms with Crippen molar-refractivity contribution in [1.82, 2.24) is 10.3 Å². The van der Waals surface area contributed by atoms with Crippen LogP contribution >= 0.6 is 11.6 Å². The van der Waals surface area contributed by atoms with Crippen LogP contribution < -0.4 is 5.32 Å². The van der Waals surface area contributed by atoms with Crippen molar-refractivity contribution in [2.75, 3.05) is 0 Å². The fraction of sp³-hybridized carbons (Fsp3) is 0.350. The van der Waals surface area contributed by atoms with Crippen LogP contribution in [0.1, 0.15) is 58.9 Å². The van der Waals surface area contributed by atoms with Gasteiger partial charge in [0, 0.05) is 6.20 Å². The van der Waals surface area contributed by atoms with Crippen molar-refractivity contribution in [3.05, 3.63) is 63.9 Å². The highest BCUT2D eigenvalue weighted by atomic mass is 35.5. The summed E-state index contributed by atoms with van der Waals surface area (Å²) in [6.07, 6.45) is -1.60. The van der Waals surface area contributed by atoms with E-state index >= 15 is 0 Å². The van der Waals surface area contributed by atoms with E-state index in [1.807, 2.05) is 6.07 Å². The number of aromatic nitrogens is 1. The van der Waals surface area contributed by atoms with Crippen molar-refractivity contribution in [2.24, 2.45) is 0 Å². The van der Waals surface area contributed by atoms with Crippen LogP contribution in [0.5, 0.6) is 0 Å². The van der Waals surface area contributed by atoms with Gasteiger partial charge in [0.15, 0.2) is 0 Å². The van der Waals surface area contributed by atoms with Gasteiger partial charge in [-0.1, -0.05) is 36.6 Å². The lowest BCUT2D eigenvalue weighted by atomic mass is 9.86. The molecule has 0 radical (unpaired) electrons. The Morgan fingerprint density at radius 3 is 2.62 bits per heavy atom.